The molecule has 1 aliphatic rings. The fraction of sp³-hybridized carbons (Fsp3) is 0.323. The predicted octanol–water partition coefficient (Wildman–Crippen LogP) is 7.78. The number of nitrogens with one attached hydrogen (secondary N) is 3. The van der Waals surface area contributed by atoms with Gasteiger partial charge in [0.25, 0.3) is 0 Å². The number of nitrogens with zero attached hydrogens (tertiary/aromatic N) is 3. The summed E-state index contributed by atoms with van der Waals surface area (Å²) < 4.78 is 0. The molecule has 0 bridgehead atoms. The number of fused-ring (bicyclic) bond motifs is 2. The lowest BCUT2D eigenvalue weighted by atomic mass is 9.84. The first-order chi connectivity index (χ1) is 18.0. The molecule has 1 saturated carbocycles. The topological polar surface area (TPSA) is 82.3 Å². The van der Waals surface area contributed by atoms with Gasteiger partial charge >= 0.3 is 0 Å². The average Bonchev–Trinajstić information content (AvgIpc) is 3.54. The zero-order chi connectivity index (χ0) is 25.9. The van der Waals surface area contributed by atoms with Crippen LogP contribution in [-0.4, -0.2) is 25.1 Å². The molecule has 0 radical (unpaired) electrons. The van der Waals surface area contributed by atoms with Crippen LogP contribution >= 0.6 is 0 Å². The lowest BCUT2D eigenvalue weighted by molar-refractivity contribution is 0.444. The predicted molar refractivity (Wildman–Crippen MR) is 154 cm³/mol. The molecule has 3 aromatic heterocycles. The lowest BCUT2D eigenvalue weighted by Gasteiger charge is -2.21. The lowest BCUT2D eigenvalue weighted by Crippen LogP contribution is -2.14. The molecule has 6 nitrogen and oxygen atoms in total. The summed E-state index contributed by atoms with van der Waals surface area (Å²) in [5.41, 5.74) is 9.09. The van der Waals surface area contributed by atoms with Crippen molar-refractivity contribution in [1.82, 2.24) is 30.5 Å². The smallest absolute Gasteiger partial charge is 0.159 e. The number of aromatic amines is 2. The second kappa shape index (κ2) is 10.6. The van der Waals surface area contributed by atoms with Crippen molar-refractivity contribution in [2.45, 2.75) is 58.8 Å². The van der Waals surface area contributed by atoms with E-state index >= 15 is 0 Å². The zero-order valence-electron chi connectivity index (χ0n) is 22.1. The van der Waals surface area contributed by atoms with Gasteiger partial charge in [0.05, 0.1) is 22.7 Å². The quantitative estimate of drug-likeness (QED) is 0.219. The van der Waals surface area contributed by atoms with Crippen molar-refractivity contribution in [3.63, 3.8) is 0 Å². The Balaban J connectivity index is 1.52. The minimum Gasteiger partial charge on any atom is -0.359 e. The minimum absolute atomic E-state index is 0.333. The number of benzene rings is 1. The summed E-state index contributed by atoms with van der Waals surface area (Å²) in [6.45, 7) is 14.4. The number of hydrogen-bond acceptors (Lipinski definition) is 4. The summed E-state index contributed by atoms with van der Waals surface area (Å²) in [5.74, 6) is 1.63. The van der Waals surface area contributed by atoms with E-state index in [0.29, 0.717) is 11.8 Å². The molecule has 5 rings (SSSR count). The van der Waals surface area contributed by atoms with Crippen molar-refractivity contribution >= 4 is 27.5 Å². The van der Waals surface area contributed by atoms with E-state index in [0.717, 1.165) is 56.0 Å². The zero-order valence-corrected chi connectivity index (χ0v) is 22.1. The van der Waals surface area contributed by atoms with Gasteiger partial charge in [-0.25, -0.2) is 4.98 Å². The van der Waals surface area contributed by atoms with E-state index in [1.165, 1.54) is 37.7 Å². The van der Waals surface area contributed by atoms with Crippen LogP contribution in [0.4, 0.5) is 0 Å². The first-order valence-electron chi connectivity index (χ1n) is 13.3. The highest BCUT2D eigenvalue weighted by atomic mass is 15.1. The van der Waals surface area contributed by atoms with Gasteiger partial charge in [-0.05, 0) is 67.0 Å². The molecule has 37 heavy (non-hydrogen) atoms. The molecule has 0 saturated heterocycles. The van der Waals surface area contributed by atoms with E-state index in [1.54, 1.807) is 0 Å². The standard InChI is InChI=1S/C31H36N6/c1-6-21(15-24(7-2)33-20(5)19(3)4)23-13-14-27-25(16-23)30(37-36-27)31-34-28-18-32-17-26(29(28)35-31)22-11-9-8-10-12-22/h6-7,13-19,22,33H,2,5,8-12H2,1,3-4H3,(H,34,35)(H,36,37)/b21-6+,24-15+. The van der Waals surface area contributed by atoms with E-state index in [4.69, 9.17) is 4.98 Å². The number of H-pyrrole nitrogens is 2. The van der Waals surface area contributed by atoms with Gasteiger partial charge in [0.15, 0.2) is 5.82 Å². The molecular weight excluding hydrogens is 456 g/mol. The molecule has 1 fully saturated rings. The summed E-state index contributed by atoms with van der Waals surface area (Å²) in [7, 11) is 0. The number of pyridine rings is 1. The number of aromatic nitrogens is 5. The first-order valence-corrected chi connectivity index (χ1v) is 13.3. The number of hydrogen-bond donors (Lipinski definition) is 3. The van der Waals surface area contributed by atoms with Gasteiger partial charge in [-0.15, -0.1) is 0 Å². The summed E-state index contributed by atoms with van der Waals surface area (Å²) in [5, 5.41) is 12.2. The van der Waals surface area contributed by atoms with Crippen LogP contribution in [0.15, 0.2) is 73.4 Å². The van der Waals surface area contributed by atoms with Crippen LogP contribution in [0, 0.1) is 5.92 Å². The third-order valence-electron chi connectivity index (χ3n) is 7.43. The van der Waals surface area contributed by atoms with Gasteiger partial charge in [0, 0.05) is 28.5 Å². The third kappa shape index (κ3) is 5.01. The van der Waals surface area contributed by atoms with E-state index in [-0.39, 0.29) is 0 Å². The number of allylic oxidation sites excluding steroid dienone is 5. The maximum absolute atomic E-state index is 5.05. The minimum atomic E-state index is 0.333. The molecule has 1 aliphatic carbocycles. The first kappa shape index (κ1) is 24.8. The van der Waals surface area contributed by atoms with Gasteiger partial charge in [-0.3, -0.25) is 10.1 Å². The molecule has 0 atom stereocenters. The maximum atomic E-state index is 5.05. The Hall–Kier alpha value is -3.93. The van der Waals surface area contributed by atoms with E-state index in [9.17, 15) is 0 Å². The number of imidazole rings is 1. The summed E-state index contributed by atoms with van der Waals surface area (Å²) in [6, 6.07) is 6.35. The molecule has 3 N–H and O–H groups in total. The molecule has 0 amide bonds. The van der Waals surface area contributed by atoms with Gasteiger partial charge in [-0.2, -0.15) is 5.10 Å². The molecule has 1 aromatic carbocycles. The van der Waals surface area contributed by atoms with Gasteiger partial charge < -0.3 is 10.3 Å². The SMILES string of the molecule is C=C/C(=C\C(=C/C)c1ccc2[nH]nc(-c3nc4c(C5CCCCC5)cncc4[nH]3)c2c1)NC(=C)C(C)C. The van der Waals surface area contributed by atoms with Gasteiger partial charge in [-0.1, -0.05) is 58.4 Å². The van der Waals surface area contributed by atoms with E-state index in [2.05, 4.69) is 82.8 Å². The number of rotatable bonds is 8. The van der Waals surface area contributed by atoms with Gasteiger partial charge in [0.2, 0.25) is 0 Å². The van der Waals surface area contributed by atoms with Crippen molar-refractivity contribution in [2.24, 2.45) is 5.92 Å². The van der Waals surface area contributed by atoms with Crippen LogP contribution in [-0.2, 0) is 0 Å². The van der Waals surface area contributed by atoms with Crippen LogP contribution in [0.3, 0.4) is 0 Å². The monoisotopic (exact) mass is 492 g/mol. The molecule has 0 spiro atoms. The second-order valence-corrected chi connectivity index (χ2v) is 10.2. The Morgan fingerprint density at radius 3 is 2.68 bits per heavy atom. The normalized spacial score (nSPS) is 15.6. The van der Waals surface area contributed by atoms with E-state index in [1.807, 2.05) is 25.4 Å². The largest absolute Gasteiger partial charge is 0.359 e. The average molecular weight is 493 g/mol. The Morgan fingerprint density at radius 1 is 1.14 bits per heavy atom. The molecule has 0 aliphatic heterocycles. The Bertz CT molecular complexity index is 1510. The highest BCUT2D eigenvalue weighted by Gasteiger charge is 2.21. The van der Waals surface area contributed by atoms with E-state index < -0.39 is 0 Å². The van der Waals surface area contributed by atoms with Crippen LogP contribution in [0.1, 0.15) is 69.9 Å². The highest BCUT2D eigenvalue weighted by molar-refractivity contribution is 5.96. The molecule has 190 valence electrons. The Morgan fingerprint density at radius 2 is 1.95 bits per heavy atom. The molecule has 6 heteroatoms. The van der Waals surface area contributed by atoms with Crippen LogP contribution in [0.25, 0.3) is 39.0 Å². The highest BCUT2D eigenvalue weighted by Crippen LogP contribution is 2.36. The fourth-order valence-electron chi connectivity index (χ4n) is 5.13. The molecule has 3 heterocycles. The third-order valence-corrected chi connectivity index (χ3v) is 7.43. The van der Waals surface area contributed by atoms with Gasteiger partial charge in [0.1, 0.15) is 5.69 Å². The Kier molecular flexibility index (Phi) is 7.08. The summed E-state index contributed by atoms with van der Waals surface area (Å²) >= 11 is 0. The van der Waals surface area contributed by atoms with Crippen molar-refractivity contribution in [3.8, 4) is 11.5 Å². The summed E-state index contributed by atoms with van der Waals surface area (Å²) in [4.78, 5) is 13.1. The Labute approximate surface area is 218 Å². The maximum Gasteiger partial charge on any atom is 0.159 e. The molecule has 0 unspecified atom stereocenters. The van der Waals surface area contributed by atoms with Crippen molar-refractivity contribution in [3.05, 3.63) is 84.5 Å². The van der Waals surface area contributed by atoms with Crippen LogP contribution in [0.5, 0.6) is 0 Å². The van der Waals surface area contributed by atoms with Crippen molar-refractivity contribution in [2.75, 3.05) is 0 Å². The van der Waals surface area contributed by atoms with Crippen LogP contribution in [0.2, 0.25) is 0 Å². The van der Waals surface area contributed by atoms with Crippen molar-refractivity contribution < 1.29 is 0 Å². The summed E-state index contributed by atoms with van der Waals surface area (Å²) in [6.07, 6.45) is 16.2. The molecular formula is C31H36N6. The fourth-order valence-corrected chi connectivity index (χ4v) is 5.13. The second-order valence-electron chi connectivity index (χ2n) is 10.2. The van der Waals surface area contributed by atoms with Crippen molar-refractivity contribution in [1.29, 1.82) is 0 Å². The molecule has 4 aromatic rings. The van der Waals surface area contributed by atoms with Crippen LogP contribution < -0.4 is 5.32 Å².